The molecule has 0 radical (unpaired) electrons. The molecule has 4 saturated carbocycles. The van der Waals surface area contributed by atoms with Crippen LogP contribution in [-0.4, -0.2) is 67.6 Å². The zero-order valence-electron chi connectivity index (χ0n) is 20.0. The summed E-state index contributed by atoms with van der Waals surface area (Å²) in [5.41, 5.74) is 0.864. The van der Waals surface area contributed by atoms with Crippen LogP contribution in [0.1, 0.15) is 50.5 Å². The zero-order valence-corrected chi connectivity index (χ0v) is 20.0. The minimum Gasteiger partial charge on any atom is -0.385 e. The van der Waals surface area contributed by atoms with Gasteiger partial charge in [0.25, 0.3) is 0 Å². The molecular weight excluding hydrogens is 421 g/mol. The number of likely N-dealkylation sites (N-methyl/N-ethyl adjacent to an activating group) is 1. The molecule has 0 heterocycles. The Morgan fingerprint density at radius 1 is 1.06 bits per heavy atom. The summed E-state index contributed by atoms with van der Waals surface area (Å²) >= 11 is 0. The van der Waals surface area contributed by atoms with Crippen molar-refractivity contribution >= 4 is 11.8 Å². The Labute approximate surface area is 196 Å². The second-order valence-electron chi connectivity index (χ2n) is 10.6. The SMILES string of the molecule is COCCCNC(=O)CN(C)CC(=O)N(Cc1ccc(F)cc1)C12CC3CC(CC(C3)C1)C2. The van der Waals surface area contributed by atoms with E-state index in [1.807, 2.05) is 7.05 Å². The third-order valence-electron chi connectivity index (χ3n) is 7.80. The van der Waals surface area contributed by atoms with Crippen molar-refractivity contribution in [1.29, 1.82) is 0 Å². The maximum absolute atomic E-state index is 13.7. The molecule has 0 spiro atoms. The lowest BCUT2D eigenvalue weighted by atomic mass is 9.52. The number of hydrogen-bond acceptors (Lipinski definition) is 4. The van der Waals surface area contributed by atoms with Gasteiger partial charge in [-0.2, -0.15) is 0 Å². The highest BCUT2D eigenvalue weighted by Crippen LogP contribution is 2.58. The smallest absolute Gasteiger partial charge is 0.237 e. The number of nitrogens with zero attached hydrogens (tertiary/aromatic N) is 2. The molecule has 2 amide bonds. The molecular formula is C26H38FN3O3. The normalized spacial score (nSPS) is 27.7. The van der Waals surface area contributed by atoms with Crippen LogP contribution in [0, 0.1) is 23.6 Å². The maximum Gasteiger partial charge on any atom is 0.237 e. The van der Waals surface area contributed by atoms with Gasteiger partial charge in [-0.05, 0) is 87.4 Å². The van der Waals surface area contributed by atoms with Gasteiger partial charge in [0.15, 0.2) is 0 Å². The summed E-state index contributed by atoms with van der Waals surface area (Å²) in [5.74, 6) is 1.88. The largest absolute Gasteiger partial charge is 0.385 e. The Kier molecular flexibility index (Phi) is 7.69. The summed E-state index contributed by atoms with van der Waals surface area (Å²) in [6, 6.07) is 6.51. The van der Waals surface area contributed by atoms with Crippen LogP contribution >= 0.6 is 0 Å². The summed E-state index contributed by atoms with van der Waals surface area (Å²) in [6.45, 7) is 2.07. The molecule has 0 saturated heterocycles. The van der Waals surface area contributed by atoms with E-state index < -0.39 is 0 Å². The van der Waals surface area contributed by atoms with Crippen molar-refractivity contribution in [3.05, 3.63) is 35.6 Å². The van der Waals surface area contributed by atoms with Gasteiger partial charge in [0.2, 0.25) is 11.8 Å². The van der Waals surface area contributed by atoms with E-state index in [1.54, 1.807) is 24.1 Å². The molecule has 182 valence electrons. The van der Waals surface area contributed by atoms with Gasteiger partial charge >= 0.3 is 0 Å². The number of rotatable bonds is 11. The van der Waals surface area contributed by atoms with Crippen molar-refractivity contribution < 1.29 is 18.7 Å². The highest BCUT2D eigenvalue weighted by Gasteiger charge is 2.54. The first-order valence-corrected chi connectivity index (χ1v) is 12.4. The van der Waals surface area contributed by atoms with Crippen LogP contribution in [0.3, 0.4) is 0 Å². The van der Waals surface area contributed by atoms with Crippen LogP contribution in [0.4, 0.5) is 4.39 Å². The highest BCUT2D eigenvalue weighted by molar-refractivity contribution is 5.81. The average molecular weight is 460 g/mol. The summed E-state index contributed by atoms with van der Waals surface area (Å²) in [5, 5.41) is 2.88. The second kappa shape index (κ2) is 10.5. The van der Waals surface area contributed by atoms with Gasteiger partial charge in [0.05, 0.1) is 13.1 Å². The number of carbonyl (C=O) groups excluding carboxylic acids is 2. The van der Waals surface area contributed by atoms with Gasteiger partial charge in [-0.15, -0.1) is 0 Å². The molecule has 0 aliphatic heterocycles. The van der Waals surface area contributed by atoms with E-state index in [-0.39, 0.29) is 36.3 Å². The van der Waals surface area contributed by atoms with E-state index in [1.165, 1.54) is 31.4 Å². The van der Waals surface area contributed by atoms with Gasteiger partial charge in [-0.3, -0.25) is 14.5 Å². The van der Waals surface area contributed by atoms with E-state index in [4.69, 9.17) is 4.74 Å². The number of benzene rings is 1. The predicted molar refractivity (Wildman–Crippen MR) is 125 cm³/mol. The fraction of sp³-hybridized carbons (Fsp3) is 0.692. The van der Waals surface area contributed by atoms with E-state index in [9.17, 15) is 14.0 Å². The number of hydrogen-bond donors (Lipinski definition) is 1. The lowest BCUT2D eigenvalue weighted by molar-refractivity contribution is -0.153. The van der Waals surface area contributed by atoms with Crippen molar-refractivity contribution in [2.45, 2.75) is 57.0 Å². The Hall–Kier alpha value is -1.99. The Morgan fingerprint density at radius 3 is 2.24 bits per heavy atom. The first-order valence-electron chi connectivity index (χ1n) is 12.4. The maximum atomic E-state index is 13.7. The number of nitrogens with one attached hydrogen (secondary N) is 1. The second-order valence-corrected chi connectivity index (χ2v) is 10.6. The van der Waals surface area contributed by atoms with Crippen molar-refractivity contribution in [3.63, 3.8) is 0 Å². The molecule has 1 N–H and O–H groups in total. The molecule has 4 aliphatic carbocycles. The molecule has 1 aromatic carbocycles. The molecule has 0 unspecified atom stereocenters. The molecule has 5 rings (SSSR count). The quantitative estimate of drug-likeness (QED) is 0.516. The predicted octanol–water partition coefficient (Wildman–Crippen LogP) is 3.21. The summed E-state index contributed by atoms with van der Waals surface area (Å²) in [7, 11) is 3.46. The number of carbonyl (C=O) groups is 2. The number of halogens is 1. The molecule has 1 aromatic rings. The highest BCUT2D eigenvalue weighted by atomic mass is 19.1. The van der Waals surface area contributed by atoms with Crippen LogP contribution in [0.2, 0.25) is 0 Å². The van der Waals surface area contributed by atoms with Gasteiger partial charge in [-0.1, -0.05) is 12.1 Å². The van der Waals surface area contributed by atoms with Gasteiger partial charge in [-0.25, -0.2) is 4.39 Å². The molecule has 33 heavy (non-hydrogen) atoms. The van der Waals surface area contributed by atoms with Crippen LogP contribution in [0.15, 0.2) is 24.3 Å². The fourth-order valence-corrected chi connectivity index (χ4v) is 6.81. The van der Waals surface area contributed by atoms with Gasteiger partial charge < -0.3 is 15.0 Å². The summed E-state index contributed by atoms with van der Waals surface area (Å²) < 4.78 is 18.5. The van der Waals surface area contributed by atoms with Crippen LogP contribution in [-0.2, 0) is 20.9 Å². The summed E-state index contributed by atoms with van der Waals surface area (Å²) in [6.07, 6.45) is 7.92. The van der Waals surface area contributed by atoms with Crippen molar-refractivity contribution in [1.82, 2.24) is 15.1 Å². The molecule has 4 fully saturated rings. The van der Waals surface area contributed by atoms with E-state index in [0.29, 0.717) is 19.7 Å². The fourth-order valence-electron chi connectivity index (χ4n) is 6.81. The molecule has 4 bridgehead atoms. The molecule has 4 aliphatic rings. The van der Waals surface area contributed by atoms with Crippen LogP contribution in [0.5, 0.6) is 0 Å². The lowest BCUT2D eigenvalue weighted by Crippen LogP contribution is -2.62. The first kappa shape index (κ1) is 24.1. The number of ether oxygens (including phenoxy) is 1. The van der Waals surface area contributed by atoms with Crippen molar-refractivity contribution in [3.8, 4) is 0 Å². The van der Waals surface area contributed by atoms with Crippen molar-refractivity contribution in [2.24, 2.45) is 17.8 Å². The molecule has 0 atom stereocenters. The number of amides is 2. The topological polar surface area (TPSA) is 61.9 Å². The zero-order chi connectivity index (χ0) is 23.4. The minimum atomic E-state index is -0.261. The Balaban J connectivity index is 1.43. The van der Waals surface area contributed by atoms with Crippen LogP contribution < -0.4 is 5.32 Å². The minimum absolute atomic E-state index is 0.0657. The molecule has 7 heteroatoms. The standard InChI is InChI=1S/C26H38FN3O3/c1-29(17-24(31)28-8-3-9-33-2)18-25(32)30(16-19-4-6-23(27)7-5-19)26-13-20-10-21(14-26)12-22(11-20)15-26/h4-7,20-22H,3,8-18H2,1-2H3,(H,28,31). The first-order chi connectivity index (χ1) is 15.9. The van der Waals surface area contributed by atoms with Gasteiger partial charge in [0.1, 0.15) is 5.82 Å². The van der Waals surface area contributed by atoms with Crippen molar-refractivity contribution in [2.75, 3.05) is 40.4 Å². The monoisotopic (exact) mass is 459 g/mol. The average Bonchev–Trinajstić information content (AvgIpc) is 2.75. The number of methoxy groups -OCH3 is 1. The lowest BCUT2D eigenvalue weighted by Gasteiger charge is -2.60. The van der Waals surface area contributed by atoms with Crippen LogP contribution in [0.25, 0.3) is 0 Å². The molecule has 0 aromatic heterocycles. The van der Waals surface area contributed by atoms with E-state index in [2.05, 4.69) is 10.2 Å². The summed E-state index contributed by atoms with van der Waals surface area (Å²) in [4.78, 5) is 29.8. The molecule has 6 nitrogen and oxygen atoms in total. The van der Waals surface area contributed by atoms with E-state index >= 15 is 0 Å². The third-order valence-corrected chi connectivity index (χ3v) is 7.80. The Bertz CT molecular complexity index is 793. The Morgan fingerprint density at radius 2 is 1.67 bits per heavy atom. The van der Waals surface area contributed by atoms with E-state index in [0.717, 1.165) is 49.0 Å². The van der Waals surface area contributed by atoms with Gasteiger partial charge in [0, 0.05) is 32.3 Å². The third kappa shape index (κ3) is 5.93.